The second-order valence-electron chi connectivity index (χ2n) is 14.3. The van der Waals surface area contributed by atoms with Crippen LogP contribution in [0.15, 0.2) is 131 Å². The van der Waals surface area contributed by atoms with Gasteiger partial charge in [0.15, 0.2) is 23.3 Å². The molecule has 5 aromatic carbocycles. The highest BCUT2D eigenvalue weighted by molar-refractivity contribution is 6.08. The molecule has 8 bridgehead atoms. The van der Waals surface area contributed by atoms with Crippen LogP contribution in [0, 0.1) is 0 Å². The van der Waals surface area contributed by atoms with Crippen molar-refractivity contribution in [1.82, 2.24) is 39.9 Å². The molecular weight excluding hydrogens is 773 g/mol. The quantitative estimate of drug-likeness (QED) is 0.0943. The Morgan fingerprint density at radius 2 is 0.951 bits per heavy atom. The van der Waals surface area contributed by atoms with Crippen LogP contribution in [-0.4, -0.2) is 79.5 Å². The summed E-state index contributed by atoms with van der Waals surface area (Å²) in [6.07, 6.45) is 0. The summed E-state index contributed by atoms with van der Waals surface area (Å²) in [6.45, 7) is 2.07. The molecule has 14 nitrogen and oxygen atoms in total. The smallest absolute Gasteiger partial charge is 0.336 e. The van der Waals surface area contributed by atoms with Gasteiger partial charge in [0, 0.05) is 55.9 Å². The lowest BCUT2D eigenvalue weighted by atomic mass is 10.1. The van der Waals surface area contributed by atoms with E-state index in [9.17, 15) is 4.79 Å². The Kier molecular flexibility index (Phi) is 9.17. The fourth-order valence-corrected chi connectivity index (χ4v) is 7.66. The van der Waals surface area contributed by atoms with E-state index < -0.39 is 5.63 Å². The number of aromatic nitrogens is 8. The topological polar surface area (TPSA) is 176 Å². The molecule has 0 saturated carbocycles. The summed E-state index contributed by atoms with van der Waals surface area (Å²) in [4.78, 5) is 48.9. The van der Waals surface area contributed by atoms with Gasteiger partial charge in [0.25, 0.3) is 0 Å². The summed E-state index contributed by atoms with van der Waals surface area (Å²) in [6, 6.07) is 38.2. The van der Waals surface area contributed by atoms with Crippen LogP contribution >= 0.6 is 0 Å². The summed E-state index contributed by atoms with van der Waals surface area (Å²) >= 11 is 0. The standard InChI is InChI=1S/C47H34N8O6/c56-38-19-17-27-16-18-28(26-37(27)61-38)59-24-22-57-20-21-58-23-25-60-36-15-7-14-35-39(36)47-54-45-34-13-6-5-12-33(34)43(52-45)50-41-30-9-2-1-8-29(30)40(48-41)49-42-31-10-3-4-11-32(31)44(51-42)53-46(35)55-47/h1-19,26H,20-25H2,(H2,48,49,50,51,52,53,54,55). The lowest BCUT2D eigenvalue weighted by Gasteiger charge is -2.09. The number of benzene rings is 5. The van der Waals surface area contributed by atoms with Gasteiger partial charge in [-0.2, -0.15) is 0 Å². The minimum atomic E-state index is -0.403. The maximum Gasteiger partial charge on any atom is 0.336 e. The molecule has 0 atom stereocenters. The molecule has 2 aliphatic heterocycles. The molecule has 0 radical (unpaired) electrons. The van der Waals surface area contributed by atoms with Crippen molar-refractivity contribution in [2.24, 2.45) is 0 Å². The van der Waals surface area contributed by atoms with Crippen LogP contribution in [0.4, 0.5) is 0 Å². The fourth-order valence-electron chi connectivity index (χ4n) is 7.66. The Balaban J connectivity index is 0.885. The van der Waals surface area contributed by atoms with Gasteiger partial charge in [-0.05, 0) is 24.3 Å². The maximum atomic E-state index is 11.5. The van der Waals surface area contributed by atoms with Crippen LogP contribution in [-0.2, 0) is 9.47 Å². The number of ether oxygens (including phenoxy) is 4. The average molecular weight is 807 g/mol. The van der Waals surface area contributed by atoms with Crippen LogP contribution in [0.25, 0.3) is 101 Å². The Morgan fingerprint density at radius 3 is 1.57 bits per heavy atom. The molecule has 0 saturated heterocycles. The average Bonchev–Trinajstić information content (AvgIpc) is 4.03. The predicted molar refractivity (Wildman–Crippen MR) is 231 cm³/mol. The molecule has 0 amide bonds. The SMILES string of the molecule is O=c1ccc2ccc(OCCOCCOCCOc3cccc4c5nc6nc(nc7[nH]c(nc8nc(nc([nH]5)c34)-c3ccccc3-8)c3ccccc73)-c3ccccc3-6)cc2o1. The zero-order chi connectivity index (χ0) is 40.7. The number of aromatic amines is 2. The van der Waals surface area contributed by atoms with E-state index in [1.54, 1.807) is 12.1 Å². The van der Waals surface area contributed by atoms with Crippen LogP contribution < -0.4 is 15.1 Å². The first-order chi connectivity index (χ1) is 30.1. The molecule has 0 unspecified atom stereocenters. The zero-order valence-corrected chi connectivity index (χ0v) is 32.4. The number of hydrogen-bond donors (Lipinski definition) is 2. The van der Waals surface area contributed by atoms with Crippen molar-refractivity contribution in [1.29, 1.82) is 0 Å². The van der Waals surface area contributed by atoms with Crippen LogP contribution in [0.5, 0.6) is 11.5 Å². The number of rotatable bonds is 11. The third kappa shape index (κ3) is 6.88. The number of hydrogen-bond acceptors (Lipinski definition) is 12. The molecule has 61 heavy (non-hydrogen) atoms. The second kappa shape index (κ2) is 15.4. The molecular formula is C47H34N8O6. The lowest BCUT2D eigenvalue weighted by molar-refractivity contribution is 0.0275. The van der Waals surface area contributed by atoms with Gasteiger partial charge in [-0.25, -0.2) is 34.7 Å². The summed E-state index contributed by atoms with van der Waals surface area (Å²) < 4.78 is 28.9. The van der Waals surface area contributed by atoms with E-state index in [0.717, 1.165) is 49.2 Å². The number of H-pyrrole nitrogens is 2. The molecule has 0 spiro atoms. The highest BCUT2D eigenvalue weighted by Crippen LogP contribution is 2.38. The third-order valence-electron chi connectivity index (χ3n) is 10.5. The summed E-state index contributed by atoms with van der Waals surface area (Å²) in [5.41, 5.74) is 5.90. The second-order valence-corrected chi connectivity index (χ2v) is 14.3. The van der Waals surface area contributed by atoms with E-state index in [-0.39, 0.29) is 6.61 Å². The van der Waals surface area contributed by atoms with Gasteiger partial charge >= 0.3 is 5.63 Å². The van der Waals surface area contributed by atoms with Gasteiger partial charge in [-0.3, -0.25) is 0 Å². The number of nitrogens with zero attached hydrogens (tertiary/aromatic N) is 6. The normalized spacial score (nSPS) is 11.9. The van der Waals surface area contributed by atoms with E-state index in [0.29, 0.717) is 96.0 Å². The van der Waals surface area contributed by atoms with Crippen molar-refractivity contribution in [3.63, 3.8) is 0 Å². The van der Waals surface area contributed by atoms with Crippen molar-refractivity contribution in [2.75, 3.05) is 39.6 Å². The Hall–Kier alpha value is -7.81. The van der Waals surface area contributed by atoms with E-state index in [4.69, 9.17) is 53.3 Å². The molecule has 2 aliphatic rings. The summed E-state index contributed by atoms with van der Waals surface area (Å²) in [5.74, 6) is 3.31. The van der Waals surface area contributed by atoms with Crippen LogP contribution in [0.1, 0.15) is 0 Å². The highest BCUT2D eigenvalue weighted by atomic mass is 16.6. The molecule has 4 aromatic heterocycles. The molecule has 0 fully saturated rings. The van der Waals surface area contributed by atoms with Gasteiger partial charge in [0.2, 0.25) is 0 Å². The Bertz CT molecular complexity index is 3390. The predicted octanol–water partition coefficient (Wildman–Crippen LogP) is 8.47. The van der Waals surface area contributed by atoms with E-state index >= 15 is 0 Å². The summed E-state index contributed by atoms with van der Waals surface area (Å²) in [5, 5.41) is 4.20. The van der Waals surface area contributed by atoms with Gasteiger partial charge < -0.3 is 33.3 Å². The zero-order valence-electron chi connectivity index (χ0n) is 32.4. The minimum absolute atomic E-state index is 0.282. The van der Waals surface area contributed by atoms with Gasteiger partial charge in [0.1, 0.15) is 52.9 Å². The highest BCUT2D eigenvalue weighted by Gasteiger charge is 2.22. The molecule has 2 N–H and O–H groups in total. The number of fused-ring (bicyclic) bond motifs is 21. The van der Waals surface area contributed by atoms with Crippen LogP contribution in [0.2, 0.25) is 0 Å². The first-order valence-corrected chi connectivity index (χ1v) is 19.8. The van der Waals surface area contributed by atoms with Crippen molar-refractivity contribution in [2.45, 2.75) is 0 Å². The van der Waals surface area contributed by atoms with Crippen molar-refractivity contribution >= 4 is 55.1 Å². The fraction of sp³-hybridized carbons (Fsp3) is 0.128. The summed E-state index contributed by atoms with van der Waals surface area (Å²) in [7, 11) is 0. The molecule has 11 rings (SSSR count). The first kappa shape index (κ1) is 36.3. The van der Waals surface area contributed by atoms with Gasteiger partial charge in [-0.1, -0.05) is 84.9 Å². The van der Waals surface area contributed by atoms with E-state index in [1.165, 1.54) is 6.07 Å². The molecule has 9 aromatic rings. The molecule has 0 aliphatic carbocycles. The maximum absolute atomic E-state index is 11.5. The minimum Gasteiger partial charge on any atom is -0.491 e. The van der Waals surface area contributed by atoms with Gasteiger partial charge in [-0.15, -0.1) is 0 Å². The largest absolute Gasteiger partial charge is 0.491 e. The molecule has 298 valence electrons. The van der Waals surface area contributed by atoms with E-state index in [1.807, 2.05) is 103 Å². The van der Waals surface area contributed by atoms with Crippen LogP contribution in [0.3, 0.4) is 0 Å². The monoisotopic (exact) mass is 806 g/mol. The lowest BCUT2D eigenvalue weighted by Crippen LogP contribution is -2.13. The molecule has 6 heterocycles. The number of nitrogens with one attached hydrogen (secondary N) is 2. The third-order valence-corrected chi connectivity index (χ3v) is 10.5. The molecule has 14 heteroatoms. The van der Waals surface area contributed by atoms with Crippen molar-refractivity contribution in [3.8, 4) is 57.1 Å². The van der Waals surface area contributed by atoms with Crippen molar-refractivity contribution in [3.05, 3.63) is 132 Å². The Labute approximate surface area is 345 Å². The first-order valence-electron chi connectivity index (χ1n) is 19.8. The Morgan fingerprint density at radius 1 is 0.459 bits per heavy atom. The van der Waals surface area contributed by atoms with E-state index in [2.05, 4.69) is 9.97 Å². The van der Waals surface area contributed by atoms with Crippen molar-refractivity contribution < 1.29 is 23.4 Å². The van der Waals surface area contributed by atoms with Gasteiger partial charge in [0.05, 0.1) is 31.8 Å².